The number of hydrogen-bond donors (Lipinski definition) is 1. The van der Waals surface area contributed by atoms with Crippen LogP contribution in [0.4, 0.5) is 0 Å². The Labute approximate surface area is 105 Å². The van der Waals surface area contributed by atoms with Crippen LogP contribution in [0.3, 0.4) is 0 Å². The largest absolute Gasteiger partial charge is 0.302 e. The number of aromatic nitrogens is 2. The molecule has 1 aromatic rings. The molecule has 2 rings (SSSR count). The molecule has 1 atom stereocenters. The van der Waals surface area contributed by atoms with Crippen molar-refractivity contribution in [1.29, 1.82) is 0 Å². The van der Waals surface area contributed by atoms with Gasteiger partial charge < -0.3 is 5.32 Å². The van der Waals surface area contributed by atoms with E-state index in [0.717, 1.165) is 5.56 Å². The van der Waals surface area contributed by atoms with Crippen LogP contribution in [0.25, 0.3) is 6.20 Å². The summed E-state index contributed by atoms with van der Waals surface area (Å²) < 4.78 is 1.61. The third-order valence-corrected chi connectivity index (χ3v) is 3.04. The second kappa shape index (κ2) is 5.14. The molecule has 1 saturated heterocycles. The van der Waals surface area contributed by atoms with E-state index in [1.54, 1.807) is 17.1 Å². The lowest BCUT2D eigenvalue weighted by Crippen LogP contribution is -2.51. The van der Waals surface area contributed by atoms with E-state index in [1.807, 2.05) is 6.20 Å². The summed E-state index contributed by atoms with van der Waals surface area (Å²) in [4.78, 5) is 24.3. The first-order valence-corrected chi connectivity index (χ1v) is 5.81. The Morgan fingerprint density at radius 3 is 3.06 bits per heavy atom. The van der Waals surface area contributed by atoms with Crippen molar-refractivity contribution in [2.24, 2.45) is 0 Å². The zero-order chi connectivity index (χ0) is 13.1. The summed E-state index contributed by atoms with van der Waals surface area (Å²) in [5, 5.41) is 7.20. The number of hydrogen-bond acceptors (Lipinski definition) is 4. The van der Waals surface area contributed by atoms with Crippen LogP contribution in [0, 0.1) is 0 Å². The van der Waals surface area contributed by atoms with Crippen LogP contribution in [0.2, 0.25) is 0 Å². The maximum absolute atomic E-state index is 11.8. The predicted octanol–water partition coefficient (Wildman–Crippen LogP) is 0.221. The number of likely N-dealkylation sites (N-methyl/N-ethyl adjacent to an activating group) is 1. The predicted molar refractivity (Wildman–Crippen MR) is 66.3 cm³/mol. The van der Waals surface area contributed by atoms with Crippen LogP contribution in [0.15, 0.2) is 19.0 Å². The monoisotopic (exact) mass is 248 g/mol. The van der Waals surface area contributed by atoms with Crippen molar-refractivity contribution in [2.75, 3.05) is 7.05 Å². The average molecular weight is 248 g/mol. The lowest BCUT2D eigenvalue weighted by Gasteiger charge is -2.28. The minimum atomic E-state index is -0.292. The molecule has 6 nitrogen and oxygen atoms in total. The van der Waals surface area contributed by atoms with Gasteiger partial charge >= 0.3 is 0 Å². The third kappa shape index (κ3) is 2.48. The lowest BCUT2D eigenvalue weighted by atomic mass is 10.0. The summed E-state index contributed by atoms with van der Waals surface area (Å²) in [7, 11) is 1.52. The molecule has 0 radical (unpaired) electrons. The van der Waals surface area contributed by atoms with Gasteiger partial charge in [0.05, 0.1) is 12.2 Å². The molecule has 1 aliphatic rings. The molecule has 0 aliphatic carbocycles. The van der Waals surface area contributed by atoms with Crippen LogP contribution < -0.4 is 5.32 Å². The number of nitrogens with one attached hydrogen (secondary N) is 1. The zero-order valence-electron chi connectivity index (χ0n) is 10.3. The maximum Gasteiger partial charge on any atom is 0.246 e. The van der Waals surface area contributed by atoms with Gasteiger partial charge in [0, 0.05) is 38.0 Å². The van der Waals surface area contributed by atoms with Crippen LogP contribution >= 0.6 is 0 Å². The first kappa shape index (κ1) is 12.5. The molecular formula is C12H16N4O2. The molecule has 6 heteroatoms. The smallest absolute Gasteiger partial charge is 0.246 e. The van der Waals surface area contributed by atoms with Gasteiger partial charge in [-0.2, -0.15) is 5.10 Å². The number of imide groups is 1. The minimum Gasteiger partial charge on any atom is -0.302 e. The Morgan fingerprint density at radius 2 is 2.39 bits per heavy atom. The van der Waals surface area contributed by atoms with Gasteiger partial charge in [-0.3, -0.25) is 14.5 Å². The van der Waals surface area contributed by atoms with E-state index in [0.29, 0.717) is 19.4 Å². The van der Waals surface area contributed by atoms with Crippen molar-refractivity contribution in [1.82, 2.24) is 20.0 Å². The van der Waals surface area contributed by atoms with Crippen LogP contribution in [-0.2, 0) is 16.1 Å². The van der Waals surface area contributed by atoms with Crippen LogP contribution in [0.1, 0.15) is 18.4 Å². The van der Waals surface area contributed by atoms with Gasteiger partial charge in [0.1, 0.15) is 0 Å². The molecule has 2 amide bonds. The fraction of sp³-hybridized carbons (Fsp3) is 0.417. The number of likely N-dealkylation sites (tertiary alicyclic amines) is 1. The van der Waals surface area contributed by atoms with E-state index >= 15 is 0 Å². The van der Waals surface area contributed by atoms with Gasteiger partial charge in [-0.05, 0) is 6.42 Å². The molecule has 0 aromatic carbocycles. The van der Waals surface area contributed by atoms with Crippen molar-refractivity contribution in [3.8, 4) is 0 Å². The number of rotatable bonds is 4. The molecule has 0 bridgehead atoms. The average Bonchev–Trinajstić information content (AvgIpc) is 2.83. The first-order chi connectivity index (χ1) is 8.61. The zero-order valence-corrected chi connectivity index (χ0v) is 10.3. The van der Waals surface area contributed by atoms with Gasteiger partial charge in [-0.25, -0.2) is 4.68 Å². The standard InChI is InChI=1S/C12H16N4O2/c1-3-16-8-9(7-14-16)6-13-10-4-5-11(17)15(2)12(10)18/h3,7-8,10,13H,1,4-6H2,2H3. The Balaban J connectivity index is 1.92. The van der Waals surface area contributed by atoms with Gasteiger partial charge in [0.15, 0.2) is 0 Å². The van der Waals surface area contributed by atoms with Gasteiger partial charge in [-0.15, -0.1) is 0 Å². The van der Waals surface area contributed by atoms with Crippen molar-refractivity contribution in [3.05, 3.63) is 24.5 Å². The molecule has 1 fully saturated rings. The highest BCUT2D eigenvalue weighted by atomic mass is 16.2. The fourth-order valence-electron chi connectivity index (χ4n) is 1.91. The summed E-state index contributed by atoms with van der Waals surface area (Å²) in [5.74, 6) is -0.278. The highest BCUT2D eigenvalue weighted by molar-refractivity contribution is 6.00. The molecule has 0 saturated carbocycles. The molecular weight excluding hydrogens is 232 g/mol. The van der Waals surface area contributed by atoms with Crippen LogP contribution in [0.5, 0.6) is 0 Å². The van der Waals surface area contributed by atoms with E-state index in [-0.39, 0.29) is 17.9 Å². The molecule has 18 heavy (non-hydrogen) atoms. The lowest BCUT2D eigenvalue weighted by molar-refractivity contribution is -0.148. The molecule has 1 aliphatic heterocycles. The Kier molecular flexibility index (Phi) is 3.57. The molecule has 1 aromatic heterocycles. The van der Waals surface area contributed by atoms with Crippen LogP contribution in [-0.4, -0.2) is 39.6 Å². The summed E-state index contributed by atoms with van der Waals surface area (Å²) in [6.07, 6.45) is 6.12. The SMILES string of the molecule is C=Cn1cc(CNC2CCC(=O)N(C)C2=O)cn1. The van der Waals surface area contributed by atoms with E-state index < -0.39 is 0 Å². The van der Waals surface area contributed by atoms with Gasteiger partial charge in [-0.1, -0.05) is 6.58 Å². The Morgan fingerprint density at radius 1 is 1.61 bits per heavy atom. The molecule has 2 heterocycles. The first-order valence-electron chi connectivity index (χ1n) is 5.81. The molecule has 1 N–H and O–H groups in total. The highest BCUT2D eigenvalue weighted by Crippen LogP contribution is 2.12. The topological polar surface area (TPSA) is 67.2 Å². The summed E-state index contributed by atoms with van der Waals surface area (Å²) in [6.45, 7) is 4.15. The summed E-state index contributed by atoms with van der Waals surface area (Å²) >= 11 is 0. The molecule has 96 valence electrons. The maximum atomic E-state index is 11.8. The second-order valence-electron chi connectivity index (χ2n) is 4.27. The van der Waals surface area contributed by atoms with Crippen molar-refractivity contribution in [3.63, 3.8) is 0 Å². The third-order valence-electron chi connectivity index (χ3n) is 3.04. The quantitative estimate of drug-likeness (QED) is 0.774. The Hall–Kier alpha value is -1.95. The Bertz CT molecular complexity index is 480. The van der Waals surface area contributed by atoms with Crippen molar-refractivity contribution < 1.29 is 9.59 Å². The van der Waals surface area contributed by atoms with Gasteiger partial charge in [0.25, 0.3) is 0 Å². The highest BCUT2D eigenvalue weighted by Gasteiger charge is 2.31. The van der Waals surface area contributed by atoms with E-state index in [1.165, 1.54) is 11.9 Å². The number of piperidine rings is 1. The number of carbonyl (C=O) groups excluding carboxylic acids is 2. The normalized spacial score (nSPS) is 20.3. The fourth-order valence-corrected chi connectivity index (χ4v) is 1.91. The summed E-state index contributed by atoms with van der Waals surface area (Å²) in [6, 6.07) is -0.292. The second-order valence-corrected chi connectivity index (χ2v) is 4.27. The van der Waals surface area contributed by atoms with E-state index in [4.69, 9.17) is 0 Å². The van der Waals surface area contributed by atoms with E-state index in [2.05, 4.69) is 17.0 Å². The number of amides is 2. The van der Waals surface area contributed by atoms with Gasteiger partial charge in [0.2, 0.25) is 11.8 Å². The van der Waals surface area contributed by atoms with Crippen molar-refractivity contribution >= 4 is 18.0 Å². The number of carbonyl (C=O) groups is 2. The summed E-state index contributed by atoms with van der Waals surface area (Å²) in [5.41, 5.74) is 0.974. The van der Waals surface area contributed by atoms with E-state index in [9.17, 15) is 9.59 Å². The van der Waals surface area contributed by atoms with Crippen molar-refractivity contribution in [2.45, 2.75) is 25.4 Å². The minimum absolute atomic E-state index is 0.113. The number of nitrogens with zero attached hydrogens (tertiary/aromatic N) is 3. The molecule has 0 spiro atoms. The molecule has 1 unspecified atom stereocenters.